The number of hydrogen-bond donors (Lipinski definition) is 2. The minimum absolute atomic E-state index is 0. The minimum atomic E-state index is -0.636. The number of nitrogens with zero attached hydrogens (tertiary/aromatic N) is 1. The summed E-state index contributed by atoms with van der Waals surface area (Å²) in [5, 5.41) is 5.82. The Kier molecular flexibility index (Phi) is 4.90. The molecule has 6 heteroatoms. The summed E-state index contributed by atoms with van der Waals surface area (Å²) in [5.41, 5.74) is 8.00. The van der Waals surface area contributed by atoms with E-state index < -0.39 is 5.41 Å². The number of nitrogens with two attached hydrogens (primary N) is 1. The smallest absolute Gasteiger partial charge is 0.232 e. The lowest BCUT2D eigenvalue weighted by molar-refractivity contribution is -0.126. The average molecular weight is 338 g/mol. The van der Waals surface area contributed by atoms with Crippen molar-refractivity contribution in [3.63, 3.8) is 0 Å². The van der Waals surface area contributed by atoms with Gasteiger partial charge in [0.15, 0.2) is 0 Å². The second kappa shape index (κ2) is 6.36. The van der Waals surface area contributed by atoms with Gasteiger partial charge in [-0.05, 0) is 31.4 Å². The highest BCUT2D eigenvalue weighted by Gasteiger charge is 2.37. The van der Waals surface area contributed by atoms with E-state index in [1.54, 1.807) is 6.20 Å². The van der Waals surface area contributed by atoms with Crippen molar-refractivity contribution in [2.75, 3.05) is 0 Å². The highest BCUT2D eigenvalue weighted by molar-refractivity contribution is 7.09. The van der Waals surface area contributed by atoms with Crippen LogP contribution in [-0.2, 0) is 16.6 Å². The Balaban J connectivity index is 0.00000176. The Morgan fingerprint density at radius 1 is 1.41 bits per heavy atom. The number of benzene rings is 1. The van der Waals surface area contributed by atoms with Crippen molar-refractivity contribution in [3.8, 4) is 0 Å². The summed E-state index contributed by atoms with van der Waals surface area (Å²) < 4.78 is 0. The van der Waals surface area contributed by atoms with Crippen molar-refractivity contribution in [2.24, 2.45) is 5.73 Å². The molecule has 0 spiro atoms. The number of thiazole rings is 1. The molecule has 22 heavy (non-hydrogen) atoms. The number of nitrogens with one attached hydrogen (secondary N) is 1. The van der Waals surface area contributed by atoms with E-state index in [9.17, 15) is 4.79 Å². The largest absolute Gasteiger partial charge is 0.350 e. The van der Waals surface area contributed by atoms with Crippen LogP contribution in [0.4, 0.5) is 0 Å². The van der Waals surface area contributed by atoms with E-state index in [4.69, 9.17) is 5.73 Å². The molecular formula is C16H20ClN3OS. The van der Waals surface area contributed by atoms with Crippen LogP contribution < -0.4 is 11.1 Å². The normalized spacial score (nSPS) is 20.1. The summed E-state index contributed by atoms with van der Waals surface area (Å²) >= 11 is 1.50. The number of halogens is 1. The van der Waals surface area contributed by atoms with Gasteiger partial charge in [0.05, 0.1) is 17.5 Å². The maximum absolute atomic E-state index is 12.6. The number of carbonyl (C=O) groups excluding carboxylic acids is 1. The highest BCUT2D eigenvalue weighted by Crippen LogP contribution is 2.31. The third kappa shape index (κ3) is 2.89. The van der Waals surface area contributed by atoms with E-state index in [-0.39, 0.29) is 30.4 Å². The van der Waals surface area contributed by atoms with Crippen molar-refractivity contribution >= 4 is 29.7 Å². The van der Waals surface area contributed by atoms with Crippen LogP contribution in [0.1, 0.15) is 36.0 Å². The number of aromatic nitrogens is 1. The van der Waals surface area contributed by atoms with Gasteiger partial charge in [-0.15, -0.1) is 23.7 Å². The molecule has 0 saturated carbocycles. The molecule has 1 amide bonds. The minimum Gasteiger partial charge on any atom is -0.350 e. The Labute approximate surface area is 140 Å². The van der Waals surface area contributed by atoms with Gasteiger partial charge in [0.25, 0.3) is 0 Å². The standard InChI is InChI=1S/C16H19N3OS.ClH/c1-16(2,15-18-7-8-21-15)14(20)19-12-9-10-5-3-4-6-11(10)13(12)17;/h3-8,12-13H,9,17H2,1-2H3,(H,19,20);1H/t12-,13-;/m1./s1. The number of rotatable bonds is 3. The summed E-state index contributed by atoms with van der Waals surface area (Å²) in [6, 6.07) is 7.93. The van der Waals surface area contributed by atoms with Crippen LogP contribution >= 0.6 is 23.7 Å². The maximum atomic E-state index is 12.6. The van der Waals surface area contributed by atoms with Gasteiger partial charge >= 0.3 is 0 Å². The van der Waals surface area contributed by atoms with Crippen molar-refractivity contribution in [3.05, 3.63) is 52.0 Å². The van der Waals surface area contributed by atoms with Crippen molar-refractivity contribution < 1.29 is 4.79 Å². The summed E-state index contributed by atoms with van der Waals surface area (Å²) in [6.45, 7) is 3.80. The molecule has 118 valence electrons. The number of hydrogen-bond acceptors (Lipinski definition) is 4. The van der Waals surface area contributed by atoms with E-state index in [0.29, 0.717) is 0 Å². The molecule has 0 unspecified atom stereocenters. The Morgan fingerprint density at radius 2 is 2.14 bits per heavy atom. The first-order valence-electron chi connectivity index (χ1n) is 7.04. The van der Waals surface area contributed by atoms with Crippen LogP contribution in [0, 0.1) is 0 Å². The lowest BCUT2D eigenvalue weighted by atomic mass is 9.92. The quantitative estimate of drug-likeness (QED) is 0.904. The molecule has 3 N–H and O–H groups in total. The fourth-order valence-electron chi connectivity index (χ4n) is 2.74. The molecule has 1 aromatic carbocycles. The van der Waals surface area contributed by atoms with Gasteiger partial charge in [0.1, 0.15) is 5.01 Å². The second-order valence-corrected chi connectivity index (χ2v) is 6.87. The van der Waals surface area contributed by atoms with Gasteiger partial charge in [-0.3, -0.25) is 4.79 Å². The van der Waals surface area contributed by atoms with Crippen LogP contribution in [0.3, 0.4) is 0 Å². The Morgan fingerprint density at radius 3 is 2.77 bits per heavy atom. The monoisotopic (exact) mass is 337 g/mol. The maximum Gasteiger partial charge on any atom is 0.232 e. The van der Waals surface area contributed by atoms with Crippen LogP contribution in [0.5, 0.6) is 0 Å². The summed E-state index contributed by atoms with van der Waals surface area (Å²) in [4.78, 5) is 16.9. The van der Waals surface area contributed by atoms with Crippen LogP contribution in [0.2, 0.25) is 0 Å². The Hall–Kier alpha value is -1.43. The summed E-state index contributed by atoms with van der Waals surface area (Å²) in [5.74, 6) is -0.0225. The van der Waals surface area contributed by atoms with E-state index in [1.807, 2.05) is 37.4 Å². The van der Waals surface area contributed by atoms with Gasteiger partial charge in [0.2, 0.25) is 5.91 Å². The zero-order chi connectivity index (χ0) is 15.0. The third-order valence-electron chi connectivity index (χ3n) is 4.14. The predicted octanol–water partition coefficient (Wildman–Crippen LogP) is 2.58. The first-order chi connectivity index (χ1) is 10.00. The molecule has 3 rings (SSSR count). The molecule has 1 heterocycles. The number of fused-ring (bicyclic) bond motifs is 1. The van der Waals surface area contributed by atoms with Crippen LogP contribution in [0.15, 0.2) is 35.8 Å². The molecule has 0 fully saturated rings. The van der Waals surface area contributed by atoms with Crippen molar-refractivity contribution in [2.45, 2.75) is 37.8 Å². The molecule has 0 saturated heterocycles. The molecule has 0 bridgehead atoms. The number of amides is 1. The van der Waals surface area contributed by atoms with Gasteiger partial charge in [-0.1, -0.05) is 24.3 Å². The van der Waals surface area contributed by atoms with E-state index >= 15 is 0 Å². The lowest BCUT2D eigenvalue weighted by Gasteiger charge is -2.25. The van der Waals surface area contributed by atoms with Gasteiger partial charge in [-0.2, -0.15) is 0 Å². The molecular weight excluding hydrogens is 318 g/mol. The fraction of sp³-hybridized carbons (Fsp3) is 0.375. The highest BCUT2D eigenvalue weighted by atomic mass is 35.5. The average Bonchev–Trinajstić information content (AvgIpc) is 3.09. The third-order valence-corrected chi connectivity index (χ3v) is 5.24. The van der Waals surface area contributed by atoms with Crippen molar-refractivity contribution in [1.82, 2.24) is 10.3 Å². The molecule has 1 aliphatic rings. The first kappa shape index (κ1) is 16.9. The van der Waals surface area contributed by atoms with Crippen LogP contribution in [-0.4, -0.2) is 16.9 Å². The fourth-order valence-corrected chi connectivity index (χ4v) is 3.50. The zero-order valence-corrected chi connectivity index (χ0v) is 14.2. The second-order valence-electron chi connectivity index (χ2n) is 5.97. The molecule has 2 aromatic rings. The van der Waals surface area contributed by atoms with E-state index in [2.05, 4.69) is 16.4 Å². The summed E-state index contributed by atoms with van der Waals surface area (Å²) in [7, 11) is 0. The van der Waals surface area contributed by atoms with Crippen LogP contribution in [0.25, 0.3) is 0 Å². The van der Waals surface area contributed by atoms with Gasteiger partial charge in [0, 0.05) is 11.6 Å². The molecule has 1 aliphatic carbocycles. The Bertz CT molecular complexity index is 657. The lowest BCUT2D eigenvalue weighted by Crippen LogP contribution is -2.48. The van der Waals surface area contributed by atoms with E-state index in [0.717, 1.165) is 17.0 Å². The number of carbonyl (C=O) groups is 1. The first-order valence-corrected chi connectivity index (χ1v) is 7.92. The van der Waals surface area contributed by atoms with Gasteiger partial charge in [-0.25, -0.2) is 4.98 Å². The molecule has 4 nitrogen and oxygen atoms in total. The SMILES string of the molecule is CC(C)(C(=O)N[C@@H]1Cc2ccccc2[C@H]1N)c1nccs1.Cl. The zero-order valence-electron chi connectivity index (χ0n) is 12.6. The van der Waals surface area contributed by atoms with Crippen molar-refractivity contribution in [1.29, 1.82) is 0 Å². The predicted molar refractivity (Wildman–Crippen MR) is 91.4 cm³/mol. The molecule has 0 aliphatic heterocycles. The molecule has 1 aromatic heterocycles. The summed E-state index contributed by atoms with van der Waals surface area (Å²) in [6.07, 6.45) is 2.52. The molecule has 2 atom stereocenters. The van der Waals surface area contributed by atoms with Gasteiger partial charge < -0.3 is 11.1 Å². The topological polar surface area (TPSA) is 68.0 Å². The molecule has 0 radical (unpaired) electrons. The van der Waals surface area contributed by atoms with E-state index in [1.165, 1.54) is 16.9 Å².